The highest BCUT2D eigenvalue weighted by atomic mass is 32.2. The molecule has 0 aliphatic carbocycles. The number of aliphatic carboxylic acids is 1. The molecule has 2 N–H and O–H groups in total. The number of carbonyl (C=O) groups is 3. The molecule has 120 valence electrons. The van der Waals surface area contributed by atoms with E-state index < -0.39 is 12.1 Å². The number of benzene rings is 1. The maximum absolute atomic E-state index is 11.8. The number of ether oxygens (including phenoxy) is 1. The molecule has 1 rings (SSSR count). The van der Waals surface area contributed by atoms with Crippen LogP contribution in [0, 0.1) is 0 Å². The third-order valence-corrected chi connectivity index (χ3v) is 3.64. The van der Waals surface area contributed by atoms with Crippen LogP contribution in [-0.4, -0.2) is 46.9 Å². The monoisotopic (exact) mass is 325 g/mol. The summed E-state index contributed by atoms with van der Waals surface area (Å²) in [5.41, 5.74) is 0.523. The van der Waals surface area contributed by atoms with Crippen LogP contribution in [-0.2, 0) is 9.59 Å². The molecule has 1 aromatic rings. The molecule has 0 radical (unpaired) electrons. The van der Waals surface area contributed by atoms with Crippen LogP contribution in [0.5, 0.6) is 5.75 Å². The first-order chi connectivity index (χ1) is 10.4. The number of hydrogen-bond donors (Lipinski definition) is 2. The number of amides is 1. The summed E-state index contributed by atoms with van der Waals surface area (Å²) >= 11 is 1.23. The summed E-state index contributed by atoms with van der Waals surface area (Å²) in [6.07, 6.45) is -0.702. The van der Waals surface area contributed by atoms with Gasteiger partial charge < -0.3 is 15.2 Å². The average Bonchev–Trinajstić information content (AvgIpc) is 2.46. The number of rotatable bonds is 9. The molecular formula is C15H19NO5S. The minimum atomic E-state index is -0.876. The van der Waals surface area contributed by atoms with Gasteiger partial charge in [0, 0.05) is 17.9 Å². The summed E-state index contributed by atoms with van der Waals surface area (Å²) in [5, 5.41) is 11.2. The molecule has 0 saturated carbocycles. The van der Waals surface area contributed by atoms with Crippen molar-refractivity contribution in [3.05, 3.63) is 29.8 Å². The lowest BCUT2D eigenvalue weighted by Crippen LogP contribution is -2.37. The molecule has 7 heteroatoms. The molecule has 1 atom stereocenters. The topological polar surface area (TPSA) is 92.7 Å². The fraction of sp³-hybridized carbons (Fsp3) is 0.400. The van der Waals surface area contributed by atoms with Crippen LogP contribution in [0.15, 0.2) is 24.3 Å². The predicted octanol–water partition coefficient (Wildman–Crippen LogP) is 1.59. The Hall–Kier alpha value is -2.02. The Kier molecular flexibility index (Phi) is 7.45. The predicted molar refractivity (Wildman–Crippen MR) is 84.5 cm³/mol. The van der Waals surface area contributed by atoms with E-state index in [1.807, 2.05) is 0 Å². The largest absolute Gasteiger partial charge is 0.481 e. The highest BCUT2D eigenvalue weighted by Crippen LogP contribution is 2.15. The van der Waals surface area contributed by atoms with Gasteiger partial charge in [-0.2, -0.15) is 0 Å². The Labute approximate surface area is 133 Å². The van der Waals surface area contributed by atoms with Crippen LogP contribution in [0.3, 0.4) is 0 Å². The van der Waals surface area contributed by atoms with Crippen LogP contribution < -0.4 is 10.1 Å². The Morgan fingerprint density at radius 2 is 2.09 bits per heavy atom. The molecule has 0 saturated heterocycles. The van der Waals surface area contributed by atoms with Gasteiger partial charge in [-0.1, -0.05) is 12.1 Å². The maximum atomic E-state index is 11.8. The van der Waals surface area contributed by atoms with E-state index in [2.05, 4.69) is 5.32 Å². The number of carboxylic acids is 1. The zero-order valence-electron chi connectivity index (χ0n) is 12.5. The van der Waals surface area contributed by atoms with E-state index in [1.54, 1.807) is 31.2 Å². The quantitative estimate of drug-likeness (QED) is 0.529. The SMILES string of the molecule is CC(=O)c1cccc(OC(C)C(=O)NCCSCC(=O)O)c1. The van der Waals surface area contributed by atoms with Crippen molar-refractivity contribution >= 4 is 29.4 Å². The summed E-state index contributed by atoms with van der Waals surface area (Å²) in [5.74, 6) is -0.249. The van der Waals surface area contributed by atoms with Gasteiger partial charge >= 0.3 is 5.97 Å². The zero-order valence-corrected chi connectivity index (χ0v) is 13.3. The van der Waals surface area contributed by atoms with E-state index in [9.17, 15) is 14.4 Å². The van der Waals surface area contributed by atoms with Crippen molar-refractivity contribution in [1.29, 1.82) is 0 Å². The third kappa shape index (κ3) is 6.62. The summed E-state index contributed by atoms with van der Waals surface area (Å²) in [6, 6.07) is 6.65. The van der Waals surface area contributed by atoms with E-state index in [-0.39, 0.29) is 17.4 Å². The number of Topliss-reactive ketones (excluding diaryl/α,β-unsaturated/α-hetero) is 1. The van der Waals surface area contributed by atoms with Gasteiger partial charge in [-0.15, -0.1) is 11.8 Å². The molecule has 22 heavy (non-hydrogen) atoms. The number of carbonyl (C=O) groups excluding carboxylic acids is 2. The molecular weight excluding hydrogens is 306 g/mol. The molecule has 6 nitrogen and oxygen atoms in total. The molecule has 0 fully saturated rings. The summed E-state index contributed by atoms with van der Waals surface area (Å²) in [7, 11) is 0. The van der Waals surface area contributed by atoms with Crippen molar-refractivity contribution in [2.45, 2.75) is 20.0 Å². The van der Waals surface area contributed by atoms with Gasteiger partial charge in [0.15, 0.2) is 11.9 Å². The Morgan fingerprint density at radius 3 is 2.73 bits per heavy atom. The van der Waals surface area contributed by atoms with Crippen LogP contribution in [0.2, 0.25) is 0 Å². The van der Waals surface area contributed by atoms with Crippen molar-refractivity contribution in [3.63, 3.8) is 0 Å². The van der Waals surface area contributed by atoms with Gasteiger partial charge in [0.05, 0.1) is 5.75 Å². The molecule has 1 amide bonds. The summed E-state index contributed by atoms with van der Waals surface area (Å²) in [4.78, 5) is 33.5. The van der Waals surface area contributed by atoms with Gasteiger partial charge in [0.2, 0.25) is 0 Å². The second kappa shape index (κ2) is 9.09. The maximum Gasteiger partial charge on any atom is 0.313 e. The van der Waals surface area contributed by atoms with Gasteiger partial charge in [-0.05, 0) is 26.0 Å². The molecule has 0 heterocycles. The second-order valence-electron chi connectivity index (χ2n) is 4.58. The number of hydrogen-bond acceptors (Lipinski definition) is 5. The Balaban J connectivity index is 2.39. The van der Waals surface area contributed by atoms with Gasteiger partial charge in [-0.25, -0.2) is 0 Å². The molecule has 0 bridgehead atoms. The number of nitrogens with one attached hydrogen (secondary N) is 1. The molecule has 0 aliphatic heterocycles. The number of ketones is 1. The van der Waals surface area contributed by atoms with E-state index in [4.69, 9.17) is 9.84 Å². The highest BCUT2D eigenvalue weighted by molar-refractivity contribution is 7.99. The van der Waals surface area contributed by atoms with Crippen LogP contribution >= 0.6 is 11.8 Å². The normalized spacial score (nSPS) is 11.5. The Morgan fingerprint density at radius 1 is 1.36 bits per heavy atom. The number of thioether (sulfide) groups is 1. The molecule has 0 spiro atoms. The fourth-order valence-electron chi connectivity index (χ4n) is 1.60. The lowest BCUT2D eigenvalue weighted by Gasteiger charge is -2.15. The van der Waals surface area contributed by atoms with Gasteiger partial charge in [0.25, 0.3) is 5.91 Å². The lowest BCUT2D eigenvalue weighted by atomic mass is 10.1. The summed E-state index contributed by atoms with van der Waals surface area (Å²) in [6.45, 7) is 3.45. The molecule has 1 aromatic carbocycles. The minimum Gasteiger partial charge on any atom is -0.481 e. The number of carboxylic acid groups (broad SMARTS) is 1. The Bertz CT molecular complexity index is 546. The molecule has 1 unspecified atom stereocenters. The molecule has 0 aromatic heterocycles. The van der Waals surface area contributed by atoms with Gasteiger partial charge in [-0.3, -0.25) is 14.4 Å². The van der Waals surface area contributed by atoms with Crippen LogP contribution in [0.4, 0.5) is 0 Å². The van der Waals surface area contributed by atoms with Crippen molar-refractivity contribution in [2.75, 3.05) is 18.1 Å². The van der Waals surface area contributed by atoms with Crippen LogP contribution in [0.1, 0.15) is 24.2 Å². The standard InChI is InChI=1S/C15H19NO5S/c1-10(17)12-4-3-5-13(8-12)21-11(2)15(20)16-6-7-22-9-14(18)19/h3-5,8,11H,6-7,9H2,1-2H3,(H,16,20)(H,18,19). The first-order valence-electron chi connectivity index (χ1n) is 6.75. The van der Waals surface area contributed by atoms with Crippen molar-refractivity contribution in [2.24, 2.45) is 0 Å². The van der Waals surface area contributed by atoms with Crippen molar-refractivity contribution in [3.8, 4) is 5.75 Å². The highest BCUT2D eigenvalue weighted by Gasteiger charge is 2.14. The van der Waals surface area contributed by atoms with E-state index in [1.165, 1.54) is 18.7 Å². The van der Waals surface area contributed by atoms with E-state index >= 15 is 0 Å². The lowest BCUT2D eigenvalue weighted by molar-refractivity contribution is -0.134. The average molecular weight is 325 g/mol. The first-order valence-corrected chi connectivity index (χ1v) is 7.90. The van der Waals surface area contributed by atoms with Crippen LogP contribution in [0.25, 0.3) is 0 Å². The third-order valence-electron chi connectivity index (χ3n) is 2.69. The van der Waals surface area contributed by atoms with E-state index in [0.29, 0.717) is 23.6 Å². The minimum absolute atomic E-state index is 0.0137. The second-order valence-corrected chi connectivity index (χ2v) is 5.69. The smallest absolute Gasteiger partial charge is 0.313 e. The fourth-order valence-corrected chi connectivity index (χ4v) is 2.16. The first kappa shape index (κ1) is 18.0. The zero-order chi connectivity index (χ0) is 16.5. The summed E-state index contributed by atoms with van der Waals surface area (Å²) < 4.78 is 5.50. The van der Waals surface area contributed by atoms with Crippen molar-refractivity contribution in [1.82, 2.24) is 5.32 Å². The van der Waals surface area contributed by atoms with E-state index in [0.717, 1.165) is 0 Å². The van der Waals surface area contributed by atoms with Crippen molar-refractivity contribution < 1.29 is 24.2 Å². The molecule has 0 aliphatic rings. The van der Waals surface area contributed by atoms with Gasteiger partial charge in [0.1, 0.15) is 5.75 Å².